The van der Waals surface area contributed by atoms with Gasteiger partial charge in [0.05, 0.1) is 6.42 Å². The first kappa shape index (κ1) is 15.7. The zero-order valence-electron chi connectivity index (χ0n) is 9.93. The zero-order valence-corrected chi connectivity index (χ0v) is 9.93. The predicted octanol–water partition coefficient (Wildman–Crippen LogP) is 0.825. The van der Waals surface area contributed by atoms with Gasteiger partial charge in [-0.05, 0) is 13.8 Å². The first-order valence-corrected chi connectivity index (χ1v) is 4.95. The molecule has 0 amide bonds. The van der Waals surface area contributed by atoms with Gasteiger partial charge in [0.2, 0.25) is 0 Å². The fourth-order valence-corrected chi connectivity index (χ4v) is 1.24. The highest BCUT2D eigenvalue weighted by Crippen LogP contribution is 2.27. The van der Waals surface area contributed by atoms with Crippen LogP contribution in [0, 0.1) is 5.92 Å². The minimum Gasteiger partial charge on any atom is -0.301 e. The average molecular weight is 248 g/mol. The third kappa shape index (κ3) is 5.03. The van der Waals surface area contributed by atoms with Crippen molar-refractivity contribution in [2.45, 2.75) is 39.2 Å². The highest BCUT2D eigenvalue weighted by Gasteiger charge is 2.35. The van der Waals surface area contributed by atoms with Crippen molar-refractivity contribution in [2.75, 3.05) is 0 Å². The summed E-state index contributed by atoms with van der Waals surface area (Å²) in [5.74, 6) is -3.10. The van der Waals surface area contributed by atoms with Crippen molar-refractivity contribution in [3.63, 3.8) is 0 Å². The topological polar surface area (TPSA) is 110 Å². The highest BCUT2D eigenvalue weighted by atomic mass is 17.1. The Labute approximate surface area is 98.2 Å². The van der Waals surface area contributed by atoms with Gasteiger partial charge in [-0.25, -0.2) is 9.68 Å². The minimum atomic E-state index is -1.22. The Balaban J connectivity index is 4.80. The number of rotatable bonds is 7. The number of carbonyl (C=O) groups is 3. The van der Waals surface area contributed by atoms with Crippen LogP contribution in [0.15, 0.2) is 0 Å². The van der Waals surface area contributed by atoms with E-state index in [1.54, 1.807) is 0 Å². The third-order valence-corrected chi connectivity index (χ3v) is 2.56. The maximum atomic E-state index is 11.3. The first-order valence-electron chi connectivity index (χ1n) is 4.95. The molecule has 0 fully saturated rings. The number of ketones is 2. The molecular formula is C10H16O7. The molecule has 98 valence electrons. The quantitative estimate of drug-likeness (QED) is 0.390. The van der Waals surface area contributed by atoms with Crippen molar-refractivity contribution in [1.29, 1.82) is 0 Å². The van der Waals surface area contributed by atoms with Crippen molar-refractivity contribution in [2.24, 2.45) is 5.92 Å². The van der Waals surface area contributed by atoms with Crippen LogP contribution in [0.25, 0.3) is 0 Å². The van der Waals surface area contributed by atoms with E-state index in [0.717, 1.165) is 6.92 Å². The highest BCUT2D eigenvalue weighted by molar-refractivity contribution is 6.36. The van der Waals surface area contributed by atoms with Crippen LogP contribution in [0.5, 0.6) is 0 Å². The molecule has 0 radical (unpaired) electrons. The average Bonchev–Trinajstić information content (AvgIpc) is 2.27. The summed E-state index contributed by atoms with van der Waals surface area (Å²) in [5.41, 5.74) is -1.22. The van der Waals surface area contributed by atoms with Crippen LogP contribution in [0.3, 0.4) is 0 Å². The second-order valence-corrected chi connectivity index (χ2v) is 4.24. The lowest BCUT2D eigenvalue weighted by atomic mass is 9.83. The van der Waals surface area contributed by atoms with Crippen LogP contribution in [-0.4, -0.2) is 33.7 Å². The number of carbonyl (C=O) groups excluding carboxylic acids is 3. The van der Waals surface area contributed by atoms with Gasteiger partial charge >= 0.3 is 5.97 Å². The van der Waals surface area contributed by atoms with Gasteiger partial charge in [0, 0.05) is 19.3 Å². The molecule has 0 rings (SSSR count). The summed E-state index contributed by atoms with van der Waals surface area (Å²) >= 11 is 0. The SMILES string of the molecule is CC(=O)C(=O)CC(CC(=O)OO)C(C)(C)OO. The van der Waals surface area contributed by atoms with Crippen LogP contribution < -0.4 is 0 Å². The molecule has 0 aliphatic rings. The molecule has 7 nitrogen and oxygen atoms in total. The van der Waals surface area contributed by atoms with Crippen LogP contribution in [0.2, 0.25) is 0 Å². The molecule has 0 saturated carbocycles. The van der Waals surface area contributed by atoms with E-state index >= 15 is 0 Å². The first-order chi connectivity index (χ1) is 7.74. The molecular weight excluding hydrogens is 232 g/mol. The summed E-state index contributed by atoms with van der Waals surface area (Å²) in [7, 11) is 0. The van der Waals surface area contributed by atoms with Crippen molar-refractivity contribution >= 4 is 17.5 Å². The molecule has 7 heteroatoms. The minimum absolute atomic E-state index is 0.280. The lowest BCUT2D eigenvalue weighted by molar-refractivity contribution is -0.327. The Bertz CT molecular complexity index is 308. The largest absolute Gasteiger partial charge is 0.342 e. The lowest BCUT2D eigenvalue weighted by Crippen LogP contribution is -2.37. The van der Waals surface area contributed by atoms with Crippen molar-refractivity contribution in [3.8, 4) is 0 Å². The molecule has 0 aromatic carbocycles. The van der Waals surface area contributed by atoms with E-state index in [1.165, 1.54) is 13.8 Å². The fourth-order valence-electron chi connectivity index (χ4n) is 1.24. The summed E-state index contributed by atoms with van der Waals surface area (Å²) in [6.07, 6.45) is -0.638. The molecule has 0 bridgehead atoms. The van der Waals surface area contributed by atoms with E-state index in [-0.39, 0.29) is 12.8 Å². The molecule has 0 aliphatic heterocycles. The van der Waals surface area contributed by atoms with E-state index in [1.807, 2.05) is 0 Å². The van der Waals surface area contributed by atoms with E-state index in [9.17, 15) is 14.4 Å². The monoisotopic (exact) mass is 248 g/mol. The molecule has 17 heavy (non-hydrogen) atoms. The Hall–Kier alpha value is -1.31. The van der Waals surface area contributed by atoms with Gasteiger partial charge in [-0.1, -0.05) is 0 Å². The van der Waals surface area contributed by atoms with Crippen LogP contribution in [0.4, 0.5) is 0 Å². The van der Waals surface area contributed by atoms with Crippen LogP contribution >= 0.6 is 0 Å². The Morgan fingerprint density at radius 1 is 1.18 bits per heavy atom. The summed E-state index contributed by atoms with van der Waals surface area (Å²) in [4.78, 5) is 40.7. The maximum Gasteiger partial charge on any atom is 0.342 e. The summed E-state index contributed by atoms with van der Waals surface area (Å²) in [5, 5.41) is 16.9. The molecule has 0 aliphatic carbocycles. The van der Waals surface area contributed by atoms with Gasteiger partial charge in [-0.2, -0.15) is 5.26 Å². The van der Waals surface area contributed by atoms with E-state index in [2.05, 4.69) is 9.78 Å². The van der Waals surface area contributed by atoms with E-state index < -0.39 is 29.1 Å². The molecule has 2 N–H and O–H groups in total. The Morgan fingerprint density at radius 2 is 1.71 bits per heavy atom. The van der Waals surface area contributed by atoms with Gasteiger partial charge in [0.25, 0.3) is 0 Å². The second-order valence-electron chi connectivity index (χ2n) is 4.24. The van der Waals surface area contributed by atoms with Crippen molar-refractivity contribution < 1.29 is 34.7 Å². The predicted molar refractivity (Wildman–Crippen MR) is 54.9 cm³/mol. The van der Waals surface area contributed by atoms with Gasteiger partial charge in [0.15, 0.2) is 11.6 Å². The van der Waals surface area contributed by atoms with Crippen molar-refractivity contribution in [1.82, 2.24) is 0 Å². The Kier molecular flexibility index (Phi) is 5.94. The molecule has 0 spiro atoms. The molecule has 1 atom stereocenters. The van der Waals surface area contributed by atoms with Gasteiger partial charge in [-0.3, -0.25) is 14.8 Å². The molecule has 0 aromatic rings. The van der Waals surface area contributed by atoms with Gasteiger partial charge in [0.1, 0.15) is 5.60 Å². The lowest BCUT2D eigenvalue weighted by Gasteiger charge is -2.29. The number of hydrogen-bond donors (Lipinski definition) is 2. The number of Topliss-reactive ketones (excluding diaryl/α,β-unsaturated/α-hetero) is 2. The number of hydrogen-bond acceptors (Lipinski definition) is 7. The summed E-state index contributed by atoms with van der Waals surface area (Å²) in [6.45, 7) is 3.99. The normalized spacial score (nSPS) is 13.0. The van der Waals surface area contributed by atoms with Gasteiger partial charge < -0.3 is 4.89 Å². The van der Waals surface area contributed by atoms with Crippen LogP contribution in [-0.2, 0) is 24.2 Å². The Morgan fingerprint density at radius 3 is 2.06 bits per heavy atom. The zero-order chi connectivity index (χ0) is 13.6. The molecule has 1 unspecified atom stereocenters. The smallest absolute Gasteiger partial charge is 0.301 e. The van der Waals surface area contributed by atoms with Gasteiger partial charge in [-0.15, -0.1) is 0 Å². The maximum absolute atomic E-state index is 11.3. The molecule has 0 saturated heterocycles. The van der Waals surface area contributed by atoms with Crippen molar-refractivity contribution in [3.05, 3.63) is 0 Å². The third-order valence-electron chi connectivity index (χ3n) is 2.56. The summed E-state index contributed by atoms with van der Waals surface area (Å²) in [6, 6.07) is 0. The molecule has 0 aromatic heterocycles. The summed E-state index contributed by atoms with van der Waals surface area (Å²) < 4.78 is 0. The van der Waals surface area contributed by atoms with E-state index in [0.29, 0.717) is 0 Å². The second kappa shape index (κ2) is 6.43. The van der Waals surface area contributed by atoms with E-state index in [4.69, 9.17) is 10.5 Å². The standard InChI is InChI=1S/C10H16O7/c1-6(11)8(12)4-7(5-9(13)16-14)10(2,3)17-15/h7,14-15H,4-5H2,1-3H3. The molecule has 0 heterocycles. The van der Waals surface area contributed by atoms with Crippen LogP contribution in [0.1, 0.15) is 33.6 Å². The fraction of sp³-hybridized carbons (Fsp3) is 0.700.